The Morgan fingerprint density at radius 2 is 2.05 bits per heavy atom. The molecule has 0 aromatic heterocycles. The SMILES string of the molecule is C=CC1(N)OC(C)=C(c2cccc(C(F)(F)F)c2)C1=O. The average molecular weight is 283 g/mol. The van der Waals surface area contributed by atoms with Crippen LogP contribution >= 0.6 is 0 Å². The van der Waals surface area contributed by atoms with Crippen LogP contribution in [-0.2, 0) is 15.7 Å². The third kappa shape index (κ3) is 2.22. The van der Waals surface area contributed by atoms with E-state index in [0.29, 0.717) is 0 Å². The van der Waals surface area contributed by atoms with Crippen molar-refractivity contribution in [1.29, 1.82) is 0 Å². The molecule has 0 aliphatic carbocycles. The van der Waals surface area contributed by atoms with E-state index in [-0.39, 0.29) is 16.9 Å². The summed E-state index contributed by atoms with van der Waals surface area (Å²) in [4.78, 5) is 12.2. The summed E-state index contributed by atoms with van der Waals surface area (Å²) >= 11 is 0. The van der Waals surface area contributed by atoms with Gasteiger partial charge in [0.1, 0.15) is 5.76 Å². The van der Waals surface area contributed by atoms with Crippen molar-refractivity contribution in [3.8, 4) is 0 Å². The lowest BCUT2D eigenvalue weighted by molar-refractivity contribution is -0.137. The molecule has 0 bridgehead atoms. The van der Waals surface area contributed by atoms with Gasteiger partial charge in [-0.05, 0) is 30.7 Å². The lowest BCUT2D eigenvalue weighted by Gasteiger charge is -2.17. The molecule has 2 rings (SSSR count). The predicted molar refractivity (Wildman–Crippen MR) is 67.2 cm³/mol. The maximum atomic E-state index is 12.7. The lowest BCUT2D eigenvalue weighted by Crippen LogP contribution is -2.44. The van der Waals surface area contributed by atoms with Crippen molar-refractivity contribution in [2.45, 2.75) is 18.8 Å². The van der Waals surface area contributed by atoms with Gasteiger partial charge in [-0.15, -0.1) is 0 Å². The highest BCUT2D eigenvalue weighted by Crippen LogP contribution is 2.36. The van der Waals surface area contributed by atoms with Crippen LogP contribution in [0.2, 0.25) is 0 Å². The molecule has 106 valence electrons. The van der Waals surface area contributed by atoms with Crippen molar-refractivity contribution in [3.63, 3.8) is 0 Å². The third-order valence-electron chi connectivity index (χ3n) is 3.04. The highest BCUT2D eigenvalue weighted by atomic mass is 19.4. The quantitative estimate of drug-likeness (QED) is 0.849. The van der Waals surface area contributed by atoms with Crippen molar-refractivity contribution < 1.29 is 22.7 Å². The van der Waals surface area contributed by atoms with E-state index < -0.39 is 23.2 Å². The second kappa shape index (κ2) is 4.49. The van der Waals surface area contributed by atoms with E-state index >= 15 is 0 Å². The number of allylic oxidation sites excluding steroid dienone is 1. The zero-order valence-electron chi connectivity index (χ0n) is 10.6. The Balaban J connectivity index is 2.50. The number of carbonyl (C=O) groups excluding carboxylic acids is 1. The first kappa shape index (κ1) is 14.3. The molecule has 0 fully saturated rings. The number of benzene rings is 1. The number of hydrogen-bond donors (Lipinski definition) is 1. The van der Waals surface area contributed by atoms with Crippen LogP contribution in [-0.4, -0.2) is 11.5 Å². The van der Waals surface area contributed by atoms with Gasteiger partial charge in [0, 0.05) is 0 Å². The fourth-order valence-electron chi connectivity index (χ4n) is 2.03. The number of ketones is 1. The van der Waals surface area contributed by atoms with E-state index in [1.54, 1.807) is 0 Å². The summed E-state index contributed by atoms with van der Waals surface area (Å²) in [5.41, 5.74) is 3.30. The van der Waals surface area contributed by atoms with Crippen molar-refractivity contribution in [2.75, 3.05) is 0 Å². The van der Waals surface area contributed by atoms with Crippen LogP contribution < -0.4 is 5.73 Å². The molecule has 20 heavy (non-hydrogen) atoms. The van der Waals surface area contributed by atoms with Gasteiger partial charge in [-0.3, -0.25) is 10.5 Å². The van der Waals surface area contributed by atoms with Gasteiger partial charge in [-0.1, -0.05) is 18.7 Å². The van der Waals surface area contributed by atoms with Crippen LogP contribution in [0.3, 0.4) is 0 Å². The van der Waals surface area contributed by atoms with Gasteiger partial charge in [0.2, 0.25) is 11.5 Å². The van der Waals surface area contributed by atoms with Gasteiger partial charge in [0.05, 0.1) is 11.1 Å². The smallest absolute Gasteiger partial charge is 0.416 e. The molecule has 1 aromatic rings. The summed E-state index contributed by atoms with van der Waals surface area (Å²) in [5, 5.41) is 0. The van der Waals surface area contributed by atoms with Crippen LogP contribution in [0.15, 0.2) is 42.7 Å². The standard InChI is InChI=1S/C14H12F3NO2/c1-3-13(18)12(19)11(8(2)20-13)9-5-4-6-10(7-9)14(15,16)17/h3-7H,1,18H2,2H3. The Morgan fingerprint density at radius 1 is 1.40 bits per heavy atom. The third-order valence-corrected chi connectivity index (χ3v) is 3.04. The zero-order chi connectivity index (χ0) is 15.1. The second-order valence-electron chi connectivity index (χ2n) is 4.44. The number of rotatable bonds is 2. The Labute approximate surface area is 113 Å². The van der Waals surface area contributed by atoms with Gasteiger partial charge in [-0.25, -0.2) is 0 Å². The molecule has 0 saturated heterocycles. The van der Waals surface area contributed by atoms with E-state index in [4.69, 9.17) is 10.5 Å². The Hall–Kier alpha value is -2.08. The number of alkyl halides is 3. The van der Waals surface area contributed by atoms with Gasteiger partial charge >= 0.3 is 6.18 Å². The molecule has 1 aromatic carbocycles. The molecule has 1 aliphatic heterocycles. The van der Waals surface area contributed by atoms with Crippen molar-refractivity contribution in [2.24, 2.45) is 5.73 Å². The first-order chi connectivity index (χ1) is 9.19. The minimum absolute atomic E-state index is 0.0403. The molecule has 1 atom stereocenters. The van der Waals surface area contributed by atoms with Crippen molar-refractivity contribution in [1.82, 2.24) is 0 Å². The van der Waals surface area contributed by atoms with Gasteiger partial charge in [0.25, 0.3) is 0 Å². The van der Waals surface area contributed by atoms with Crippen molar-refractivity contribution in [3.05, 3.63) is 53.8 Å². The number of halogens is 3. The average Bonchev–Trinajstić information content (AvgIpc) is 2.60. The van der Waals surface area contributed by atoms with Crippen LogP contribution in [0.5, 0.6) is 0 Å². The number of nitrogens with two attached hydrogens (primary N) is 1. The Morgan fingerprint density at radius 3 is 2.55 bits per heavy atom. The summed E-state index contributed by atoms with van der Waals surface area (Å²) in [6.45, 7) is 4.88. The van der Waals surface area contributed by atoms with E-state index in [9.17, 15) is 18.0 Å². The normalized spacial score (nSPS) is 22.9. The summed E-state index contributed by atoms with van der Waals surface area (Å²) in [7, 11) is 0. The minimum Gasteiger partial charge on any atom is -0.466 e. The number of Topliss-reactive ketones (excluding diaryl/α,β-unsaturated/α-hetero) is 1. The summed E-state index contributed by atoms with van der Waals surface area (Å²) in [6.07, 6.45) is -3.36. The summed E-state index contributed by atoms with van der Waals surface area (Å²) in [6, 6.07) is 4.47. The molecule has 6 heteroatoms. The second-order valence-corrected chi connectivity index (χ2v) is 4.44. The van der Waals surface area contributed by atoms with Gasteiger partial charge < -0.3 is 4.74 Å². The fraction of sp³-hybridized carbons (Fsp3) is 0.214. The topological polar surface area (TPSA) is 52.3 Å². The first-order valence-corrected chi connectivity index (χ1v) is 5.74. The molecule has 1 aliphatic rings. The Kier molecular flexibility index (Phi) is 3.21. The molecule has 0 radical (unpaired) electrons. The molecule has 0 spiro atoms. The maximum Gasteiger partial charge on any atom is 0.416 e. The van der Waals surface area contributed by atoms with Crippen molar-refractivity contribution >= 4 is 11.4 Å². The van der Waals surface area contributed by atoms with Crippen LogP contribution in [0.25, 0.3) is 5.57 Å². The number of ether oxygens (including phenoxy) is 1. The largest absolute Gasteiger partial charge is 0.466 e. The molecule has 3 nitrogen and oxygen atoms in total. The molecular formula is C14H12F3NO2. The summed E-state index contributed by atoms with van der Waals surface area (Å²) < 4.78 is 43.3. The monoisotopic (exact) mass is 283 g/mol. The van der Waals surface area contributed by atoms with E-state index in [1.165, 1.54) is 19.1 Å². The zero-order valence-corrected chi connectivity index (χ0v) is 10.6. The highest BCUT2D eigenvalue weighted by molar-refractivity contribution is 6.27. The van der Waals surface area contributed by atoms with E-state index in [1.807, 2.05) is 0 Å². The number of hydrogen-bond acceptors (Lipinski definition) is 3. The van der Waals surface area contributed by atoms with Crippen LogP contribution in [0, 0.1) is 0 Å². The maximum absolute atomic E-state index is 12.7. The molecule has 1 unspecified atom stereocenters. The van der Waals surface area contributed by atoms with Crippen LogP contribution in [0.4, 0.5) is 13.2 Å². The highest BCUT2D eigenvalue weighted by Gasteiger charge is 2.43. The fourth-order valence-corrected chi connectivity index (χ4v) is 2.03. The molecule has 0 amide bonds. The molecule has 2 N–H and O–H groups in total. The van der Waals surface area contributed by atoms with Gasteiger partial charge in [-0.2, -0.15) is 13.2 Å². The summed E-state index contributed by atoms with van der Waals surface area (Å²) in [5.74, 6) is -0.430. The number of carbonyl (C=O) groups is 1. The van der Waals surface area contributed by atoms with E-state index in [2.05, 4.69) is 6.58 Å². The first-order valence-electron chi connectivity index (χ1n) is 5.74. The molecular weight excluding hydrogens is 271 g/mol. The lowest BCUT2D eigenvalue weighted by atomic mass is 9.95. The van der Waals surface area contributed by atoms with E-state index in [0.717, 1.165) is 18.2 Å². The van der Waals surface area contributed by atoms with Crippen LogP contribution in [0.1, 0.15) is 18.1 Å². The van der Waals surface area contributed by atoms with Gasteiger partial charge in [0.15, 0.2) is 0 Å². The Bertz CT molecular complexity index is 619. The minimum atomic E-state index is -4.48. The molecule has 0 saturated carbocycles. The predicted octanol–water partition coefficient (Wildman–Crippen LogP) is 2.88. The molecule has 1 heterocycles.